The molecule has 0 spiro atoms. The molecule has 98 valence electrons. The third-order valence-electron chi connectivity index (χ3n) is 2.89. The molecule has 0 N–H and O–H groups in total. The highest BCUT2D eigenvalue weighted by Gasteiger charge is 2.54. The monoisotopic (exact) mass is 248 g/mol. The average Bonchev–Trinajstić information content (AvgIpc) is 2.69. The minimum atomic E-state index is -0.731. The van der Waals surface area contributed by atoms with Gasteiger partial charge in [-0.15, -0.1) is 0 Å². The molecule has 0 aromatic heterocycles. The van der Waals surface area contributed by atoms with E-state index in [1.807, 2.05) is 0 Å². The van der Waals surface area contributed by atoms with Gasteiger partial charge in [-0.2, -0.15) is 0 Å². The molecule has 0 aliphatic carbocycles. The zero-order valence-electron chi connectivity index (χ0n) is 9.95. The number of methoxy groups -OCH3 is 3. The maximum absolute atomic E-state index is 11.2. The van der Waals surface area contributed by atoms with Crippen LogP contribution in [0.5, 0.6) is 0 Å². The molecule has 17 heavy (non-hydrogen) atoms. The van der Waals surface area contributed by atoms with Gasteiger partial charge in [-0.05, 0) is 0 Å². The summed E-state index contributed by atoms with van der Waals surface area (Å²) in [6.07, 6.45) is -3.34. The number of rotatable bonds is 4. The van der Waals surface area contributed by atoms with E-state index in [2.05, 4.69) is 0 Å². The first kappa shape index (κ1) is 12.6. The van der Waals surface area contributed by atoms with E-state index < -0.39 is 30.8 Å². The molecule has 2 heterocycles. The van der Waals surface area contributed by atoms with Gasteiger partial charge < -0.3 is 28.4 Å². The Morgan fingerprint density at radius 2 is 1.82 bits per heavy atom. The van der Waals surface area contributed by atoms with Gasteiger partial charge in [0.05, 0.1) is 6.61 Å². The third-order valence-corrected chi connectivity index (χ3v) is 2.89. The molecule has 0 unspecified atom stereocenters. The Hall–Kier alpha value is -0.890. The number of hydrogen-bond donors (Lipinski definition) is 0. The Morgan fingerprint density at radius 3 is 2.41 bits per heavy atom. The van der Waals surface area contributed by atoms with Crippen molar-refractivity contribution in [3.8, 4) is 0 Å². The van der Waals surface area contributed by atoms with Crippen LogP contribution >= 0.6 is 0 Å². The van der Waals surface area contributed by atoms with Crippen molar-refractivity contribution in [1.29, 1.82) is 0 Å². The molecule has 0 amide bonds. The molecular formula is C10H16O7. The third kappa shape index (κ3) is 2.23. The predicted octanol–water partition coefficient (Wildman–Crippen LogP) is -0.0769. The summed E-state index contributed by atoms with van der Waals surface area (Å²) in [5.74, 6) is 0. The smallest absolute Gasteiger partial charge is 0.424 e. The lowest BCUT2D eigenvalue weighted by Crippen LogP contribution is -2.58. The number of hydrogen-bond acceptors (Lipinski definition) is 7. The summed E-state index contributed by atoms with van der Waals surface area (Å²) in [6.45, 7) is 0.319. The van der Waals surface area contributed by atoms with Crippen LogP contribution in [-0.4, -0.2) is 64.8 Å². The highest BCUT2D eigenvalue weighted by molar-refractivity contribution is 5.62. The second kappa shape index (κ2) is 5.18. The predicted molar refractivity (Wildman–Crippen MR) is 53.5 cm³/mol. The van der Waals surface area contributed by atoms with Crippen LogP contribution in [0.15, 0.2) is 0 Å². The van der Waals surface area contributed by atoms with Crippen LogP contribution in [0.2, 0.25) is 0 Å². The fourth-order valence-corrected chi connectivity index (χ4v) is 2.16. The first-order valence-electron chi connectivity index (χ1n) is 5.28. The molecule has 2 aliphatic rings. The molecule has 2 aliphatic heterocycles. The minimum Gasteiger partial charge on any atom is -0.424 e. The fraction of sp³-hybridized carbons (Fsp3) is 0.900. The zero-order chi connectivity index (χ0) is 12.4. The number of carbonyl (C=O) groups is 1. The van der Waals surface area contributed by atoms with Crippen molar-refractivity contribution in [2.24, 2.45) is 0 Å². The van der Waals surface area contributed by atoms with Crippen molar-refractivity contribution < 1.29 is 33.2 Å². The summed E-state index contributed by atoms with van der Waals surface area (Å²) in [5.41, 5.74) is 0. The molecule has 2 saturated heterocycles. The van der Waals surface area contributed by atoms with Crippen LogP contribution in [-0.2, 0) is 28.4 Å². The van der Waals surface area contributed by atoms with E-state index in [-0.39, 0.29) is 6.10 Å². The van der Waals surface area contributed by atoms with E-state index in [4.69, 9.17) is 28.4 Å². The molecule has 0 saturated carbocycles. The van der Waals surface area contributed by atoms with Gasteiger partial charge >= 0.3 is 6.16 Å². The highest BCUT2D eigenvalue weighted by atomic mass is 16.8. The molecule has 5 atom stereocenters. The van der Waals surface area contributed by atoms with Crippen LogP contribution in [0, 0.1) is 0 Å². The topological polar surface area (TPSA) is 72.5 Å². The molecular weight excluding hydrogens is 232 g/mol. The van der Waals surface area contributed by atoms with E-state index in [1.54, 1.807) is 7.11 Å². The van der Waals surface area contributed by atoms with Gasteiger partial charge in [-0.3, -0.25) is 0 Å². The van der Waals surface area contributed by atoms with Gasteiger partial charge in [0.25, 0.3) is 0 Å². The van der Waals surface area contributed by atoms with Gasteiger partial charge in [0.15, 0.2) is 18.5 Å². The quantitative estimate of drug-likeness (QED) is 0.644. The van der Waals surface area contributed by atoms with Gasteiger partial charge in [0.1, 0.15) is 12.2 Å². The van der Waals surface area contributed by atoms with Crippen LogP contribution in [0.25, 0.3) is 0 Å². The van der Waals surface area contributed by atoms with Gasteiger partial charge in [0, 0.05) is 21.3 Å². The molecule has 2 rings (SSSR count). The van der Waals surface area contributed by atoms with Gasteiger partial charge in [0.2, 0.25) is 0 Å². The summed E-state index contributed by atoms with van der Waals surface area (Å²) in [4.78, 5) is 11.2. The van der Waals surface area contributed by atoms with Crippen LogP contribution in [0.3, 0.4) is 0 Å². The van der Waals surface area contributed by atoms with E-state index >= 15 is 0 Å². The molecule has 0 radical (unpaired) electrons. The van der Waals surface area contributed by atoms with Crippen molar-refractivity contribution in [2.45, 2.75) is 30.7 Å². The first-order chi connectivity index (χ1) is 8.21. The Bertz CT molecular complexity index is 282. The number of fused-ring (bicyclic) bond motifs is 1. The molecule has 7 nitrogen and oxygen atoms in total. The minimum absolute atomic E-state index is 0.319. The van der Waals surface area contributed by atoms with Crippen molar-refractivity contribution in [3.05, 3.63) is 0 Å². The summed E-state index contributed by atoms with van der Waals surface area (Å²) in [5, 5.41) is 0. The Morgan fingerprint density at radius 1 is 1.12 bits per heavy atom. The molecule has 2 fully saturated rings. The summed E-state index contributed by atoms with van der Waals surface area (Å²) < 4.78 is 31.1. The Balaban J connectivity index is 2.16. The van der Waals surface area contributed by atoms with Crippen LogP contribution < -0.4 is 0 Å². The summed E-state index contributed by atoms with van der Waals surface area (Å²) in [6, 6.07) is 0. The lowest BCUT2D eigenvalue weighted by molar-refractivity contribution is -0.275. The van der Waals surface area contributed by atoms with Crippen molar-refractivity contribution >= 4 is 6.16 Å². The van der Waals surface area contributed by atoms with Gasteiger partial charge in [-0.1, -0.05) is 0 Å². The largest absolute Gasteiger partial charge is 0.509 e. The van der Waals surface area contributed by atoms with E-state index in [9.17, 15) is 4.79 Å². The Labute approximate surface area is 98.9 Å². The Kier molecular flexibility index (Phi) is 3.82. The summed E-state index contributed by atoms with van der Waals surface area (Å²) >= 11 is 0. The fourth-order valence-electron chi connectivity index (χ4n) is 2.16. The molecule has 7 heteroatoms. The molecule has 0 aromatic rings. The van der Waals surface area contributed by atoms with Crippen LogP contribution in [0.4, 0.5) is 4.79 Å². The van der Waals surface area contributed by atoms with Crippen LogP contribution in [0.1, 0.15) is 0 Å². The maximum Gasteiger partial charge on any atom is 0.509 e. The van der Waals surface area contributed by atoms with E-state index in [0.717, 1.165) is 0 Å². The molecule has 0 bridgehead atoms. The number of ether oxygens (including phenoxy) is 6. The van der Waals surface area contributed by atoms with Crippen molar-refractivity contribution in [1.82, 2.24) is 0 Å². The second-order valence-corrected chi connectivity index (χ2v) is 3.85. The molecule has 0 aromatic carbocycles. The average molecular weight is 248 g/mol. The lowest BCUT2D eigenvalue weighted by atomic mass is 9.99. The van der Waals surface area contributed by atoms with Crippen molar-refractivity contribution in [2.75, 3.05) is 27.9 Å². The van der Waals surface area contributed by atoms with Crippen molar-refractivity contribution in [3.63, 3.8) is 0 Å². The standard InChI is InChI=1S/C10H16O7/c1-12-4-5-6(13-2)7-8(9(14-3)15-5)17-10(11)16-7/h5-9H,4H2,1-3H3/t5-,6-,7+,8-,9+/m1/s1. The highest BCUT2D eigenvalue weighted by Crippen LogP contribution is 2.32. The normalized spacial score (nSPS) is 40.6. The maximum atomic E-state index is 11.2. The lowest BCUT2D eigenvalue weighted by Gasteiger charge is -2.39. The first-order valence-corrected chi connectivity index (χ1v) is 5.28. The SMILES string of the molecule is COC[C@H]1O[C@H](OC)[C@@H]2OC(=O)O[C@H]2[C@@H]1OC. The zero-order valence-corrected chi connectivity index (χ0v) is 9.95. The number of carbonyl (C=O) groups excluding carboxylic acids is 1. The summed E-state index contributed by atoms with van der Waals surface area (Å²) in [7, 11) is 4.55. The second-order valence-electron chi connectivity index (χ2n) is 3.85. The van der Waals surface area contributed by atoms with E-state index in [0.29, 0.717) is 6.61 Å². The van der Waals surface area contributed by atoms with E-state index in [1.165, 1.54) is 14.2 Å². The van der Waals surface area contributed by atoms with Gasteiger partial charge in [-0.25, -0.2) is 4.79 Å².